The van der Waals surface area contributed by atoms with Crippen LogP contribution in [0, 0.1) is 5.82 Å². The molecule has 44 heavy (non-hydrogen) atoms. The van der Waals surface area contributed by atoms with Crippen molar-refractivity contribution in [1.29, 1.82) is 0 Å². The van der Waals surface area contributed by atoms with Gasteiger partial charge in [0.2, 0.25) is 5.91 Å². The number of hydrogen-bond acceptors (Lipinski definition) is 8. The maximum Gasteiger partial charge on any atom is 0.355 e. The zero-order chi connectivity index (χ0) is 31.4. The number of piperazine rings is 1. The first-order valence-electron chi connectivity index (χ1n) is 13.9. The van der Waals surface area contributed by atoms with Crippen molar-refractivity contribution in [3.63, 3.8) is 0 Å². The van der Waals surface area contributed by atoms with E-state index in [4.69, 9.17) is 27.1 Å². The van der Waals surface area contributed by atoms with Crippen molar-refractivity contribution in [3.05, 3.63) is 81.5 Å². The van der Waals surface area contributed by atoms with Gasteiger partial charge in [-0.15, -0.1) is 0 Å². The Hall–Kier alpha value is -4.97. The minimum atomic E-state index is -0.806. The first-order chi connectivity index (χ1) is 21.0. The van der Waals surface area contributed by atoms with E-state index in [0.29, 0.717) is 18.7 Å². The van der Waals surface area contributed by atoms with E-state index >= 15 is 4.39 Å². The van der Waals surface area contributed by atoms with E-state index in [1.54, 1.807) is 17.0 Å². The maximum atomic E-state index is 15.3. The van der Waals surface area contributed by atoms with Gasteiger partial charge in [-0.25, -0.2) is 18.7 Å². The van der Waals surface area contributed by atoms with E-state index in [2.05, 4.69) is 11.6 Å². The molecule has 6 rings (SSSR count). The second-order valence-corrected chi connectivity index (χ2v) is 11.3. The minimum absolute atomic E-state index is 0.0297. The number of carbonyl (C=O) groups excluding carboxylic acids is 2. The fraction of sp³-hybridized carbons (Fsp3) is 0.258. The summed E-state index contributed by atoms with van der Waals surface area (Å²) in [6.07, 6.45) is 1.23. The SMILES string of the molecule is C=CC(=O)N1CCN2c3nc(=O)n(-c4c(C(N)=O)cccc4C(C)C)c4nc(-c5c(O)cccc5F)c(Cl)c(c34)OC[C@H]2C1. The summed E-state index contributed by atoms with van der Waals surface area (Å²) in [6.45, 7) is 8.27. The van der Waals surface area contributed by atoms with E-state index in [1.807, 2.05) is 18.7 Å². The van der Waals surface area contributed by atoms with Gasteiger partial charge >= 0.3 is 5.69 Å². The highest BCUT2D eigenvalue weighted by molar-refractivity contribution is 6.36. The van der Waals surface area contributed by atoms with Gasteiger partial charge in [0, 0.05) is 19.6 Å². The van der Waals surface area contributed by atoms with E-state index in [0.717, 1.165) is 10.6 Å². The molecule has 0 radical (unpaired) electrons. The number of nitrogens with two attached hydrogens (primary N) is 1. The third-order valence-corrected chi connectivity index (χ3v) is 8.32. The van der Waals surface area contributed by atoms with Gasteiger partial charge in [-0.1, -0.05) is 50.2 Å². The van der Waals surface area contributed by atoms with Crippen LogP contribution >= 0.6 is 11.6 Å². The normalized spacial score (nSPS) is 16.0. The van der Waals surface area contributed by atoms with Gasteiger partial charge in [0.1, 0.15) is 40.1 Å². The number of aromatic nitrogens is 3. The van der Waals surface area contributed by atoms with Crippen molar-refractivity contribution in [3.8, 4) is 28.4 Å². The van der Waals surface area contributed by atoms with Gasteiger partial charge in [0.05, 0.1) is 22.9 Å². The number of hydrogen-bond donors (Lipinski definition) is 2. The van der Waals surface area contributed by atoms with Crippen LogP contribution in [-0.4, -0.2) is 68.6 Å². The smallest absolute Gasteiger partial charge is 0.355 e. The van der Waals surface area contributed by atoms with E-state index in [9.17, 15) is 19.5 Å². The molecule has 226 valence electrons. The third-order valence-electron chi connectivity index (χ3n) is 7.97. The summed E-state index contributed by atoms with van der Waals surface area (Å²) >= 11 is 6.89. The summed E-state index contributed by atoms with van der Waals surface area (Å²) in [5, 5.41) is 10.8. The quantitative estimate of drug-likeness (QED) is 0.322. The van der Waals surface area contributed by atoms with Crippen LogP contribution in [0.5, 0.6) is 11.5 Å². The summed E-state index contributed by atoms with van der Waals surface area (Å²) in [7, 11) is 0. The highest BCUT2D eigenvalue weighted by atomic mass is 35.5. The molecule has 1 fully saturated rings. The van der Waals surface area contributed by atoms with E-state index in [1.165, 1.54) is 24.3 Å². The number of anilines is 1. The van der Waals surface area contributed by atoms with Crippen LogP contribution in [0.15, 0.2) is 53.8 Å². The Morgan fingerprint density at radius 3 is 2.64 bits per heavy atom. The fourth-order valence-electron chi connectivity index (χ4n) is 5.90. The Bertz CT molecular complexity index is 1920. The Balaban J connectivity index is 1.74. The van der Waals surface area contributed by atoms with Crippen LogP contribution < -0.4 is 21.1 Å². The molecule has 2 amide bonds. The Labute approximate surface area is 255 Å². The molecule has 0 unspecified atom stereocenters. The van der Waals surface area contributed by atoms with Crippen molar-refractivity contribution >= 4 is 40.3 Å². The number of nitrogens with zero attached hydrogens (tertiary/aromatic N) is 5. The summed E-state index contributed by atoms with van der Waals surface area (Å²) in [6, 6.07) is 8.25. The number of primary amides is 1. The van der Waals surface area contributed by atoms with Crippen molar-refractivity contribution in [2.75, 3.05) is 31.1 Å². The first-order valence-corrected chi connectivity index (χ1v) is 14.3. The van der Waals surface area contributed by atoms with Crippen molar-refractivity contribution in [2.24, 2.45) is 5.73 Å². The number of fused-ring (bicyclic) bond motifs is 2. The lowest BCUT2D eigenvalue weighted by molar-refractivity contribution is -0.126. The van der Waals surface area contributed by atoms with Gasteiger partial charge in [0.15, 0.2) is 11.4 Å². The first kappa shape index (κ1) is 29.1. The van der Waals surface area contributed by atoms with Crippen molar-refractivity contribution < 1.29 is 23.8 Å². The van der Waals surface area contributed by atoms with Crippen molar-refractivity contribution in [1.82, 2.24) is 19.4 Å². The number of phenols is 1. The number of halogens is 2. The largest absolute Gasteiger partial charge is 0.507 e. The molecule has 1 saturated heterocycles. The molecule has 2 aromatic carbocycles. The predicted molar refractivity (Wildman–Crippen MR) is 163 cm³/mol. The van der Waals surface area contributed by atoms with Crippen LogP contribution in [0.3, 0.4) is 0 Å². The maximum absolute atomic E-state index is 15.3. The summed E-state index contributed by atoms with van der Waals surface area (Å²) in [5.74, 6) is -2.16. The van der Waals surface area contributed by atoms with Gasteiger partial charge in [-0.2, -0.15) is 4.98 Å². The van der Waals surface area contributed by atoms with Crippen LogP contribution in [0.25, 0.3) is 28.0 Å². The molecule has 0 spiro atoms. The predicted octanol–water partition coefficient (Wildman–Crippen LogP) is 3.76. The molecular formula is C31H28ClFN6O5. The molecule has 0 bridgehead atoms. The third kappa shape index (κ3) is 4.53. The van der Waals surface area contributed by atoms with E-state index < -0.39 is 29.2 Å². The van der Waals surface area contributed by atoms with Gasteiger partial charge in [-0.05, 0) is 35.8 Å². The number of amides is 2. The molecular weight excluding hydrogens is 591 g/mol. The van der Waals surface area contributed by atoms with Crippen LogP contribution in [0.2, 0.25) is 5.02 Å². The Kier molecular flexibility index (Phi) is 7.24. The number of ether oxygens (including phenoxy) is 1. The minimum Gasteiger partial charge on any atom is -0.507 e. The van der Waals surface area contributed by atoms with Crippen molar-refractivity contribution in [2.45, 2.75) is 25.8 Å². The molecule has 0 aliphatic carbocycles. The lowest BCUT2D eigenvalue weighted by atomic mass is 9.97. The molecule has 0 saturated carbocycles. The molecule has 1 atom stereocenters. The lowest BCUT2D eigenvalue weighted by Crippen LogP contribution is -2.56. The topological polar surface area (TPSA) is 144 Å². The van der Waals surface area contributed by atoms with Crippen LogP contribution in [0.4, 0.5) is 10.2 Å². The standard InChI is InChI=1S/C31H28ClFN6O5/c1-4-21(41)37-11-12-38-16(13-37)14-44-27-23-29(38)36-31(43)39(26-17(15(2)3)7-5-8-18(26)28(34)42)30(23)35-25(24(27)32)22-19(33)9-6-10-20(22)40/h4-10,15-16,40H,1,11-14H2,2-3H3,(H2,34,42)/t16-/m1/s1. The average Bonchev–Trinajstić information content (AvgIpc) is 3.15. The molecule has 4 aromatic rings. The number of para-hydroxylation sites is 1. The van der Waals surface area contributed by atoms with E-state index in [-0.39, 0.29) is 75.1 Å². The molecule has 2 aromatic heterocycles. The number of phenolic OH excluding ortho intramolecular Hbond substituents is 1. The van der Waals surface area contributed by atoms with Gasteiger partial charge in [0.25, 0.3) is 5.91 Å². The molecule has 3 N–H and O–H groups in total. The Morgan fingerprint density at radius 1 is 1.20 bits per heavy atom. The number of benzene rings is 2. The zero-order valence-corrected chi connectivity index (χ0v) is 24.6. The van der Waals surface area contributed by atoms with Crippen LogP contribution in [0.1, 0.15) is 35.7 Å². The second-order valence-electron chi connectivity index (χ2n) is 10.9. The van der Waals surface area contributed by atoms with Gasteiger partial charge in [-0.3, -0.25) is 9.59 Å². The Morgan fingerprint density at radius 2 is 1.95 bits per heavy atom. The summed E-state index contributed by atoms with van der Waals surface area (Å²) in [4.78, 5) is 51.9. The highest BCUT2D eigenvalue weighted by Crippen LogP contribution is 2.47. The number of carbonyl (C=O) groups is 2. The molecule has 13 heteroatoms. The molecule has 2 aliphatic heterocycles. The van der Waals surface area contributed by atoms with Crippen LogP contribution in [-0.2, 0) is 4.79 Å². The number of pyridine rings is 1. The lowest BCUT2D eigenvalue weighted by Gasteiger charge is -2.40. The highest BCUT2D eigenvalue weighted by Gasteiger charge is 2.38. The summed E-state index contributed by atoms with van der Waals surface area (Å²) < 4.78 is 22.7. The number of aromatic hydroxyl groups is 1. The molecule has 11 nitrogen and oxygen atoms in total. The van der Waals surface area contributed by atoms with Gasteiger partial charge < -0.3 is 25.4 Å². The average molecular weight is 619 g/mol. The molecule has 2 aliphatic rings. The monoisotopic (exact) mass is 618 g/mol. The second kappa shape index (κ2) is 10.9. The zero-order valence-electron chi connectivity index (χ0n) is 23.9. The fourth-order valence-corrected chi connectivity index (χ4v) is 6.18. The number of rotatable bonds is 5. The molecule has 4 heterocycles. The summed E-state index contributed by atoms with van der Waals surface area (Å²) in [5.41, 5.74) is 5.33.